The zero-order chi connectivity index (χ0) is 14.1. The van der Waals surface area contributed by atoms with E-state index in [0.717, 1.165) is 0 Å². The Morgan fingerprint density at radius 2 is 1.83 bits per heavy atom. The lowest BCUT2D eigenvalue weighted by Crippen LogP contribution is -2.24. The molecule has 0 unspecified atom stereocenters. The second kappa shape index (κ2) is 4.77. The molecule has 100 valence electrons. The maximum atomic E-state index is 12.1. The smallest absolute Gasteiger partial charge is 0.338 e. The first-order chi connectivity index (χ1) is 8.00. The van der Waals surface area contributed by atoms with Gasteiger partial charge in [-0.05, 0) is 52.3 Å². The van der Waals surface area contributed by atoms with Crippen LogP contribution in [0.25, 0.3) is 0 Å². The molecular formula is C13H20NO3P. The molecule has 0 fully saturated rings. The number of hydrogen-bond acceptors (Lipinski definition) is 4. The molecule has 0 atom stereocenters. The number of nitrogen functional groups attached to an aromatic ring is 1. The highest BCUT2D eigenvalue weighted by atomic mass is 31.2. The van der Waals surface area contributed by atoms with Gasteiger partial charge >= 0.3 is 5.97 Å². The summed E-state index contributed by atoms with van der Waals surface area (Å²) < 4.78 is 17.3. The quantitative estimate of drug-likeness (QED) is 0.508. The van der Waals surface area contributed by atoms with Gasteiger partial charge in [-0.3, -0.25) is 0 Å². The fourth-order valence-corrected chi connectivity index (χ4v) is 2.62. The molecule has 0 aliphatic rings. The van der Waals surface area contributed by atoms with E-state index in [0.29, 0.717) is 16.6 Å². The van der Waals surface area contributed by atoms with Crippen molar-refractivity contribution in [3.05, 3.63) is 23.8 Å². The first kappa shape index (κ1) is 14.8. The minimum absolute atomic E-state index is 0.373. The van der Waals surface area contributed by atoms with Gasteiger partial charge in [0.05, 0.1) is 5.56 Å². The van der Waals surface area contributed by atoms with Gasteiger partial charge in [0.2, 0.25) is 0 Å². The average Bonchev–Trinajstić information content (AvgIpc) is 2.13. The molecule has 0 amide bonds. The summed E-state index contributed by atoms with van der Waals surface area (Å²) in [6.07, 6.45) is 0. The third kappa shape index (κ3) is 3.88. The molecule has 0 bridgehead atoms. The van der Waals surface area contributed by atoms with Gasteiger partial charge < -0.3 is 15.0 Å². The molecule has 2 N–H and O–H groups in total. The highest BCUT2D eigenvalue weighted by Crippen LogP contribution is 2.37. The van der Waals surface area contributed by atoms with E-state index >= 15 is 0 Å². The largest absolute Gasteiger partial charge is 0.456 e. The summed E-state index contributed by atoms with van der Waals surface area (Å²) in [5, 5.41) is 0.519. The van der Waals surface area contributed by atoms with E-state index in [9.17, 15) is 9.36 Å². The molecule has 0 heterocycles. The van der Waals surface area contributed by atoms with Crippen molar-refractivity contribution in [1.29, 1.82) is 0 Å². The summed E-state index contributed by atoms with van der Waals surface area (Å²) in [5.74, 6) is -0.433. The zero-order valence-electron chi connectivity index (χ0n) is 11.5. The Hall–Kier alpha value is -1.28. The van der Waals surface area contributed by atoms with Gasteiger partial charge in [0.25, 0.3) is 0 Å². The Kier molecular flexibility index (Phi) is 3.92. The van der Waals surface area contributed by atoms with Crippen LogP contribution in [0, 0.1) is 0 Å². The fourth-order valence-electron chi connectivity index (χ4n) is 1.47. The number of ether oxygens (including phenoxy) is 1. The number of esters is 1. The fraction of sp³-hybridized carbons (Fsp3) is 0.462. The monoisotopic (exact) mass is 269 g/mol. The van der Waals surface area contributed by atoms with Crippen LogP contribution in [0.2, 0.25) is 0 Å². The number of benzene rings is 1. The second-order valence-electron chi connectivity index (χ2n) is 5.63. The predicted molar refractivity (Wildman–Crippen MR) is 75.1 cm³/mol. The highest BCUT2D eigenvalue weighted by Gasteiger charge is 2.21. The maximum absolute atomic E-state index is 12.1. The summed E-state index contributed by atoms with van der Waals surface area (Å²) in [4.78, 5) is 11.9. The van der Waals surface area contributed by atoms with E-state index in [-0.39, 0.29) is 0 Å². The second-order valence-corrected chi connectivity index (χ2v) is 8.81. The molecule has 0 spiro atoms. The molecular weight excluding hydrogens is 249 g/mol. The molecule has 0 saturated heterocycles. The van der Waals surface area contributed by atoms with E-state index in [1.807, 2.05) is 0 Å². The molecule has 0 aromatic heterocycles. The van der Waals surface area contributed by atoms with E-state index in [1.165, 1.54) is 0 Å². The molecule has 18 heavy (non-hydrogen) atoms. The number of carbonyl (C=O) groups is 1. The number of anilines is 1. The van der Waals surface area contributed by atoms with Gasteiger partial charge in [-0.25, -0.2) is 4.79 Å². The molecule has 0 aliphatic heterocycles. The van der Waals surface area contributed by atoms with Crippen molar-refractivity contribution in [2.24, 2.45) is 0 Å². The van der Waals surface area contributed by atoms with Gasteiger partial charge in [0.1, 0.15) is 12.7 Å². The predicted octanol–water partition coefficient (Wildman–Crippen LogP) is 2.47. The van der Waals surface area contributed by atoms with Crippen LogP contribution in [0.4, 0.5) is 5.69 Å². The average molecular weight is 269 g/mol. The van der Waals surface area contributed by atoms with E-state index in [2.05, 4.69) is 0 Å². The summed E-state index contributed by atoms with van der Waals surface area (Å²) in [6, 6.07) is 4.74. The van der Waals surface area contributed by atoms with Gasteiger partial charge in [0.15, 0.2) is 0 Å². The van der Waals surface area contributed by atoms with Gasteiger partial charge in [-0.1, -0.05) is 0 Å². The van der Waals surface area contributed by atoms with E-state index < -0.39 is 18.7 Å². The Labute approximate surface area is 108 Å². The SMILES string of the molecule is CC(C)(C)OC(=O)c1ccc(N)c(P(C)(C)=O)c1. The maximum Gasteiger partial charge on any atom is 0.338 e. The minimum Gasteiger partial charge on any atom is -0.456 e. The van der Waals surface area contributed by atoms with Crippen LogP contribution in [-0.2, 0) is 9.30 Å². The van der Waals surface area contributed by atoms with E-state index in [1.54, 1.807) is 52.3 Å². The number of carbonyl (C=O) groups excluding carboxylic acids is 1. The number of hydrogen-bond donors (Lipinski definition) is 1. The van der Waals surface area contributed by atoms with Crippen LogP contribution in [0.3, 0.4) is 0 Å². The molecule has 4 nitrogen and oxygen atoms in total. The van der Waals surface area contributed by atoms with Crippen molar-refractivity contribution in [3.63, 3.8) is 0 Å². The molecule has 1 aromatic rings. The van der Waals surface area contributed by atoms with Crippen molar-refractivity contribution < 1.29 is 14.1 Å². The Balaban J connectivity index is 3.14. The Bertz CT molecular complexity index is 511. The molecule has 0 aliphatic carbocycles. The van der Waals surface area contributed by atoms with Crippen LogP contribution >= 0.6 is 7.14 Å². The van der Waals surface area contributed by atoms with Crippen molar-refractivity contribution in [1.82, 2.24) is 0 Å². The molecule has 1 aromatic carbocycles. The molecule has 5 heteroatoms. The van der Waals surface area contributed by atoms with Crippen molar-refractivity contribution in [3.8, 4) is 0 Å². The standard InChI is InChI=1S/C13H20NO3P/c1-13(2,3)17-12(15)9-6-7-10(14)11(8-9)18(4,5)16/h6-8H,14H2,1-5H3. The molecule has 0 radical (unpaired) electrons. The summed E-state index contributed by atoms with van der Waals surface area (Å²) in [6.45, 7) is 8.64. The zero-order valence-corrected chi connectivity index (χ0v) is 12.4. The van der Waals surface area contributed by atoms with Crippen LogP contribution in [0.15, 0.2) is 18.2 Å². The first-order valence-electron chi connectivity index (χ1n) is 5.69. The van der Waals surface area contributed by atoms with Crippen LogP contribution in [-0.4, -0.2) is 24.9 Å². The van der Waals surface area contributed by atoms with Crippen LogP contribution in [0.1, 0.15) is 31.1 Å². The number of nitrogens with two attached hydrogens (primary N) is 1. The summed E-state index contributed by atoms with van der Waals surface area (Å²) >= 11 is 0. The van der Waals surface area contributed by atoms with Crippen molar-refractivity contribution >= 4 is 24.1 Å². The molecule has 0 saturated carbocycles. The lowest BCUT2D eigenvalue weighted by atomic mass is 10.1. The van der Waals surface area contributed by atoms with Gasteiger partial charge in [-0.15, -0.1) is 0 Å². The van der Waals surface area contributed by atoms with Gasteiger partial charge in [-0.2, -0.15) is 0 Å². The summed E-state index contributed by atoms with van der Waals surface area (Å²) in [7, 11) is -2.51. The third-order valence-corrected chi connectivity index (χ3v) is 3.79. The minimum atomic E-state index is -2.51. The third-order valence-electron chi connectivity index (χ3n) is 2.25. The molecule has 1 rings (SSSR count). The van der Waals surface area contributed by atoms with Gasteiger partial charge in [0, 0.05) is 11.0 Å². The first-order valence-corrected chi connectivity index (χ1v) is 8.29. The Morgan fingerprint density at radius 3 is 2.28 bits per heavy atom. The normalized spacial score (nSPS) is 12.3. The van der Waals surface area contributed by atoms with E-state index in [4.69, 9.17) is 10.5 Å². The Morgan fingerprint density at radius 1 is 1.28 bits per heavy atom. The van der Waals surface area contributed by atoms with Crippen molar-refractivity contribution in [2.75, 3.05) is 19.1 Å². The highest BCUT2D eigenvalue weighted by molar-refractivity contribution is 7.70. The topological polar surface area (TPSA) is 69.4 Å². The lowest BCUT2D eigenvalue weighted by molar-refractivity contribution is 0.00697. The van der Waals surface area contributed by atoms with Crippen LogP contribution in [0.5, 0.6) is 0 Å². The van der Waals surface area contributed by atoms with Crippen molar-refractivity contribution in [2.45, 2.75) is 26.4 Å². The van der Waals surface area contributed by atoms with Crippen LogP contribution < -0.4 is 11.0 Å². The summed E-state index contributed by atoms with van der Waals surface area (Å²) in [5.41, 5.74) is 6.04. The lowest BCUT2D eigenvalue weighted by Gasteiger charge is -2.20. The number of rotatable bonds is 2.